The molecule has 4 heteroatoms. The van der Waals surface area contributed by atoms with E-state index in [9.17, 15) is 4.39 Å². The standard InChI is InChI=1S/C10H11FN2O/c1-6-2-3-7(4-8(6)11)9-5-14-10(12)13-9/h2-4,9H,5H2,1H3,(H2,12,13). The van der Waals surface area contributed by atoms with E-state index < -0.39 is 0 Å². The van der Waals surface area contributed by atoms with Crippen LogP contribution in [0.15, 0.2) is 23.2 Å². The molecule has 3 nitrogen and oxygen atoms in total. The quantitative estimate of drug-likeness (QED) is 0.736. The normalized spacial score (nSPS) is 20.4. The van der Waals surface area contributed by atoms with Crippen molar-refractivity contribution in [2.75, 3.05) is 6.61 Å². The number of rotatable bonds is 1. The van der Waals surface area contributed by atoms with E-state index >= 15 is 0 Å². The van der Waals surface area contributed by atoms with Crippen molar-refractivity contribution in [1.82, 2.24) is 0 Å². The van der Waals surface area contributed by atoms with Crippen LogP contribution in [0.4, 0.5) is 4.39 Å². The Morgan fingerprint density at radius 3 is 2.93 bits per heavy atom. The summed E-state index contributed by atoms with van der Waals surface area (Å²) in [6.45, 7) is 2.12. The largest absolute Gasteiger partial charge is 0.463 e. The highest BCUT2D eigenvalue weighted by Gasteiger charge is 2.19. The number of hydrogen-bond acceptors (Lipinski definition) is 3. The molecule has 1 aromatic rings. The summed E-state index contributed by atoms with van der Waals surface area (Å²) in [6, 6.07) is 5.07. The van der Waals surface area contributed by atoms with Gasteiger partial charge in [-0.2, -0.15) is 0 Å². The Balaban J connectivity index is 2.29. The number of aliphatic imine (C=N–C) groups is 1. The fourth-order valence-electron chi connectivity index (χ4n) is 1.38. The minimum Gasteiger partial charge on any atom is -0.463 e. The molecule has 0 radical (unpaired) electrons. The fourth-order valence-corrected chi connectivity index (χ4v) is 1.38. The highest BCUT2D eigenvalue weighted by molar-refractivity contribution is 5.73. The third kappa shape index (κ3) is 1.55. The Morgan fingerprint density at radius 2 is 2.36 bits per heavy atom. The average Bonchev–Trinajstić information content (AvgIpc) is 2.57. The van der Waals surface area contributed by atoms with Gasteiger partial charge in [-0.3, -0.25) is 0 Å². The molecule has 1 aliphatic heterocycles. The van der Waals surface area contributed by atoms with Crippen LogP contribution in [0.2, 0.25) is 0 Å². The lowest BCUT2D eigenvalue weighted by Crippen LogP contribution is -2.10. The summed E-state index contributed by atoms with van der Waals surface area (Å²) in [4.78, 5) is 4.04. The number of amidine groups is 1. The summed E-state index contributed by atoms with van der Waals surface area (Å²) in [5, 5.41) is 0. The molecule has 2 N–H and O–H groups in total. The molecule has 0 amide bonds. The lowest BCUT2D eigenvalue weighted by atomic mass is 10.1. The highest BCUT2D eigenvalue weighted by atomic mass is 19.1. The fraction of sp³-hybridized carbons (Fsp3) is 0.300. The molecule has 1 heterocycles. The highest BCUT2D eigenvalue weighted by Crippen LogP contribution is 2.23. The maximum Gasteiger partial charge on any atom is 0.282 e. The first-order valence-corrected chi connectivity index (χ1v) is 4.39. The minimum atomic E-state index is -0.219. The van der Waals surface area contributed by atoms with Crippen LogP contribution >= 0.6 is 0 Å². The zero-order chi connectivity index (χ0) is 10.1. The van der Waals surface area contributed by atoms with E-state index in [1.54, 1.807) is 13.0 Å². The molecule has 0 bridgehead atoms. The van der Waals surface area contributed by atoms with Crippen LogP contribution < -0.4 is 5.73 Å². The molecule has 74 valence electrons. The van der Waals surface area contributed by atoms with Crippen molar-refractivity contribution in [2.45, 2.75) is 13.0 Å². The van der Waals surface area contributed by atoms with Gasteiger partial charge in [0.2, 0.25) is 0 Å². The van der Waals surface area contributed by atoms with Crippen molar-refractivity contribution in [3.8, 4) is 0 Å². The van der Waals surface area contributed by atoms with Crippen molar-refractivity contribution in [3.05, 3.63) is 35.1 Å². The zero-order valence-corrected chi connectivity index (χ0v) is 7.83. The Bertz CT molecular complexity index is 390. The van der Waals surface area contributed by atoms with Crippen molar-refractivity contribution < 1.29 is 9.13 Å². The maximum absolute atomic E-state index is 13.2. The number of hydrogen-bond donors (Lipinski definition) is 1. The van der Waals surface area contributed by atoms with E-state index in [0.717, 1.165) is 5.56 Å². The van der Waals surface area contributed by atoms with Crippen molar-refractivity contribution in [3.63, 3.8) is 0 Å². The van der Waals surface area contributed by atoms with Gasteiger partial charge in [-0.25, -0.2) is 9.38 Å². The topological polar surface area (TPSA) is 47.6 Å². The van der Waals surface area contributed by atoms with Gasteiger partial charge in [-0.05, 0) is 24.1 Å². The second kappa shape index (κ2) is 3.29. The second-order valence-electron chi connectivity index (χ2n) is 3.30. The smallest absolute Gasteiger partial charge is 0.282 e. The van der Waals surface area contributed by atoms with Crippen LogP contribution in [-0.2, 0) is 4.74 Å². The lowest BCUT2D eigenvalue weighted by Gasteiger charge is -2.06. The molecule has 1 unspecified atom stereocenters. The monoisotopic (exact) mass is 194 g/mol. The van der Waals surface area contributed by atoms with Crippen molar-refractivity contribution >= 4 is 6.02 Å². The number of nitrogens with zero attached hydrogens (tertiary/aromatic N) is 1. The first-order valence-electron chi connectivity index (χ1n) is 4.39. The molecule has 0 fully saturated rings. The average molecular weight is 194 g/mol. The van der Waals surface area contributed by atoms with Crippen molar-refractivity contribution in [2.24, 2.45) is 10.7 Å². The van der Waals surface area contributed by atoms with Gasteiger partial charge in [0.25, 0.3) is 6.02 Å². The predicted molar refractivity (Wildman–Crippen MR) is 51.5 cm³/mol. The molecule has 0 aromatic heterocycles. The molecule has 1 aliphatic rings. The summed E-state index contributed by atoms with van der Waals surface area (Å²) in [5.41, 5.74) is 6.79. The first kappa shape index (κ1) is 8.99. The van der Waals surface area contributed by atoms with Gasteiger partial charge in [-0.15, -0.1) is 0 Å². The lowest BCUT2D eigenvalue weighted by molar-refractivity contribution is 0.315. The molecular formula is C10H11FN2O. The first-order chi connectivity index (χ1) is 6.66. The van der Waals surface area contributed by atoms with Crippen LogP contribution in [0.5, 0.6) is 0 Å². The van der Waals surface area contributed by atoms with Gasteiger partial charge in [0.1, 0.15) is 18.5 Å². The van der Waals surface area contributed by atoms with E-state index in [-0.39, 0.29) is 17.9 Å². The molecule has 0 saturated carbocycles. The summed E-state index contributed by atoms with van der Waals surface area (Å²) in [7, 11) is 0. The summed E-state index contributed by atoms with van der Waals surface area (Å²) in [5.74, 6) is -0.219. The maximum atomic E-state index is 13.2. The Labute approximate surface area is 81.4 Å². The summed E-state index contributed by atoms with van der Waals surface area (Å²) >= 11 is 0. The van der Waals surface area contributed by atoms with E-state index in [0.29, 0.717) is 12.2 Å². The molecule has 1 aromatic carbocycles. The Morgan fingerprint density at radius 1 is 1.57 bits per heavy atom. The van der Waals surface area contributed by atoms with E-state index in [4.69, 9.17) is 10.5 Å². The predicted octanol–water partition coefficient (Wildman–Crippen LogP) is 1.52. The number of halogens is 1. The molecular weight excluding hydrogens is 183 g/mol. The van der Waals surface area contributed by atoms with Crippen LogP contribution in [0.25, 0.3) is 0 Å². The van der Waals surface area contributed by atoms with Crippen LogP contribution in [0, 0.1) is 12.7 Å². The van der Waals surface area contributed by atoms with Gasteiger partial charge in [0.05, 0.1) is 0 Å². The number of nitrogens with two attached hydrogens (primary N) is 1. The summed E-state index contributed by atoms with van der Waals surface area (Å²) in [6.07, 6.45) is 0. The zero-order valence-electron chi connectivity index (χ0n) is 7.83. The molecule has 0 aliphatic carbocycles. The third-order valence-electron chi connectivity index (χ3n) is 2.25. The Kier molecular flexibility index (Phi) is 2.11. The van der Waals surface area contributed by atoms with Gasteiger partial charge in [-0.1, -0.05) is 12.1 Å². The number of benzene rings is 1. The molecule has 0 spiro atoms. The van der Waals surface area contributed by atoms with E-state index in [2.05, 4.69) is 4.99 Å². The van der Waals surface area contributed by atoms with Gasteiger partial charge >= 0.3 is 0 Å². The van der Waals surface area contributed by atoms with Crippen LogP contribution in [-0.4, -0.2) is 12.6 Å². The van der Waals surface area contributed by atoms with E-state index in [1.165, 1.54) is 6.07 Å². The number of aryl methyl sites for hydroxylation is 1. The molecule has 2 rings (SSSR count). The van der Waals surface area contributed by atoms with Crippen molar-refractivity contribution in [1.29, 1.82) is 0 Å². The van der Waals surface area contributed by atoms with Crippen LogP contribution in [0.1, 0.15) is 17.2 Å². The molecule has 0 saturated heterocycles. The molecule has 14 heavy (non-hydrogen) atoms. The van der Waals surface area contributed by atoms with Gasteiger partial charge < -0.3 is 10.5 Å². The van der Waals surface area contributed by atoms with Gasteiger partial charge in [0, 0.05) is 0 Å². The molecule has 1 atom stereocenters. The SMILES string of the molecule is Cc1ccc(C2COC(N)=N2)cc1F. The Hall–Kier alpha value is -1.58. The van der Waals surface area contributed by atoms with Crippen LogP contribution in [0.3, 0.4) is 0 Å². The summed E-state index contributed by atoms with van der Waals surface area (Å²) < 4.78 is 18.2. The minimum absolute atomic E-state index is 0.162. The van der Waals surface area contributed by atoms with Gasteiger partial charge in [0.15, 0.2) is 0 Å². The van der Waals surface area contributed by atoms with E-state index in [1.807, 2.05) is 6.07 Å². The second-order valence-corrected chi connectivity index (χ2v) is 3.30. The number of ether oxygens (including phenoxy) is 1. The third-order valence-corrected chi connectivity index (χ3v) is 2.25.